The molecule has 1 aromatic rings. The van der Waals surface area contributed by atoms with Crippen molar-refractivity contribution in [3.05, 3.63) is 16.3 Å². The van der Waals surface area contributed by atoms with E-state index < -0.39 is 0 Å². The highest BCUT2D eigenvalue weighted by molar-refractivity contribution is 7.10. The molecule has 20 heavy (non-hydrogen) atoms. The minimum atomic E-state index is -0.0717. The standard InChI is InChI=1S/C14H23N3O2S/c1-4-10(2)16-14(19)5-7-15-9-13-12(6-8-20-13)17-11(3)18/h6,8,10,15H,4-5,7,9H2,1-3H3,(H,16,19)(H,17,18). The van der Waals surface area contributed by atoms with Gasteiger partial charge in [-0.1, -0.05) is 6.92 Å². The highest BCUT2D eigenvalue weighted by Gasteiger charge is 2.07. The van der Waals surface area contributed by atoms with Crippen LogP contribution in [-0.4, -0.2) is 24.4 Å². The minimum absolute atomic E-state index is 0.0696. The highest BCUT2D eigenvalue weighted by atomic mass is 32.1. The third-order valence-electron chi connectivity index (χ3n) is 2.89. The molecule has 1 aromatic heterocycles. The first-order chi connectivity index (χ1) is 9.52. The van der Waals surface area contributed by atoms with Crippen molar-refractivity contribution in [2.75, 3.05) is 11.9 Å². The molecular formula is C14H23N3O2S. The Bertz CT molecular complexity index is 445. The zero-order chi connectivity index (χ0) is 15.0. The topological polar surface area (TPSA) is 70.2 Å². The van der Waals surface area contributed by atoms with E-state index in [0.29, 0.717) is 19.5 Å². The van der Waals surface area contributed by atoms with Gasteiger partial charge in [0.05, 0.1) is 5.69 Å². The lowest BCUT2D eigenvalue weighted by Crippen LogP contribution is -2.33. The molecule has 0 bridgehead atoms. The molecule has 0 saturated heterocycles. The smallest absolute Gasteiger partial charge is 0.221 e. The number of thiophene rings is 1. The number of hydrogen-bond donors (Lipinski definition) is 3. The van der Waals surface area contributed by atoms with Crippen LogP contribution in [0.2, 0.25) is 0 Å². The Morgan fingerprint density at radius 2 is 2.15 bits per heavy atom. The normalized spacial score (nSPS) is 11.9. The summed E-state index contributed by atoms with van der Waals surface area (Å²) < 4.78 is 0. The van der Waals surface area contributed by atoms with Crippen LogP contribution in [0.4, 0.5) is 5.69 Å². The SMILES string of the molecule is CCC(C)NC(=O)CCNCc1sccc1NC(C)=O. The number of rotatable bonds is 8. The van der Waals surface area contributed by atoms with Crippen LogP contribution < -0.4 is 16.0 Å². The first-order valence-corrected chi connectivity index (χ1v) is 7.75. The van der Waals surface area contributed by atoms with Crippen LogP contribution in [0.5, 0.6) is 0 Å². The fourth-order valence-electron chi connectivity index (χ4n) is 1.63. The van der Waals surface area contributed by atoms with Crippen LogP contribution in [0.3, 0.4) is 0 Å². The van der Waals surface area contributed by atoms with Crippen molar-refractivity contribution < 1.29 is 9.59 Å². The van der Waals surface area contributed by atoms with E-state index in [4.69, 9.17) is 0 Å². The minimum Gasteiger partial charge on any atom is -0.354 e. The van der Waals surface area contributed by atoms with Gasteiger partial charge in [0.2, 0.25) is 11.8 Å². The second kappa shape index (κ2) is 8.71. The quantitative estimate of drug-likeness (QED) is 0.644. The lowest BCUT2D eigenvalue weighted by Gasteiger charge is -2.11. The van der Waals surface area contributed by atoms with Gasteiger partial charge < -0.3 is 16.0 Å². The molecule has 6 heteroatoms. The van der Waals surface area contributed by atoms with Crippen molar-refractivity contribution in [2.45, 2.75) is 46.2 Å². The van der Waals surface area contributed by atoms with Crippen LogP contribution in [-0.2, 0) is 16.1 Å². The lowest BCUT2D eigenvalue weighted by atomic mass is 10.2. The molecule has 1 heterocycles. The molecular weight excluding hydrogens is 274 g/mol. The third-order valence-corrected chi connectivity index (χ3v) is 3.81. The van der Waals surface area contributed by atoms with E-state index in [0.717, 1.165) is 17.0 Å². The van der Waals surface area contributed by atoms with Crippen molar-refractivity contribution in [1.82, 2.24) is 10.6 Å². The fraction of sp³-hybridized carbons (Fsp3) is 0.571. The van der Waals surface area contributed by atoms with Crippen molar-refractivity contribution in [3.63, 3.8) is 0 Å². The van der Waals surface area contributed by atoms with E-state index in [-0.39, 0.29) is 17.9 Å². The number of hydrogen-bond acceptors (Lipinski definition) is 4. The van der Waals surface area contributed by atoms with E-state index >= 15 is 0 Å². The van der Waals surface area contributed by atoms with Gasteiger partial charge in [0, 0.05) is 37.4 Å². The van der Waals surface area contributed by atoms with E-state index in [2.05, 4.69) is 16.0 Å². The largest absolute Gasteiger partial charge is 0.354 e. The fourth-order valence-corrected chi connectivity index (χ4v) is 2.43. The lowest BCUT2D eigenvalue weighted by molar-refractivity contribution is -0.121. The van der Waals surface area contributed by atoms with Crippen LogP contribution in [0, 0.1) is 0 Å². The number of nitrogens with one attached hydrogen (secondary N) is 3. The molecule has 1 rings (SSSR count). The predicted molar refractivity (Wildman–Crippen MR) is 82.8 cm³/mol. The van der Waals surface area contributed by atoms with Crippen LogP contribution >= 0.6 is 11.3 Å². The molecule has 0 aliphatic rings. The summed E-state index contributed by atoms with van der Waals surface area (Å²) in [5, 5.41) is 10.9. The highest BCUT2D eigenvalue weighted by Crippen LogP contribution is 2.21. The van der Waals surface area contributed by atoms with E-state index in [1.165, 1.54) is 6.92 Å². The summed E-state index contributed by atoms with van der Waals surface area (Å²) in [5.41, 5.74) is 0.846. The van der Waals surface area contributed by atoms with Crippen molar-refractivity contribution in [1.29, 1.82) is 0 Å². The summed E-state index contributed by atoms with van der Waals surface area (Å²) in [6.45, 7) is 6.82. The molecule has 0 radical (unpaired) electrons. The number of carbonyl (C=O) groups excluding carboxylic acids is 2. The number of anilines is 1. The molecule has 0 spiro atoms. The van der Waals surface area contributed by atoms with Crippen LogP contribution in [0.25, 0.3) is 0 Å². The van der Waals surface area contributed by atoms with Gasteiger partial charge in [-0.05, 0) is 24.8 Å². The molecule has 0 aliphatic carbocycles. The van der Waals surface area contributed by atoms with Crippen LogP contribution in [0.1, 0.15) is 38.5 Å². The monoisotopic (exact) mass is 297 g/mol. The summed E-state index contributed by atoms with van der Waals surface area (Å²) in [5.74, 6) is -0.00213. The predicted octanol–water partition coefficient (Wildman–Crippen LogP) is 2.10. The Morgan fingerprint density at radius 1 is 1.40 bits per heavy atom. The Morgan fingerprint density at radius 3 is 2.80 bits per heavy atom. The van der Waals surface area contributed by atoms with Crippen molar-refractivity contribution >= 4 is 28.8 Å². The molecule has 3 N–H and O–H groups in total. The van der Waals surface area contributed by atoms with Gasteiger partial charge in [-0.15, -0.1) is 11.3 Å². The maximum atomic E-state index is 11.6. The van der Waals surface area contributed by atoms with Gasteiger partial charge in [0.15, 0.2) is 0 Å². The summed E-state index contributed by atoms with van der Waals surface area (Å²) in [4.78, 5) is 23.7. The van der Waals surface area contributed by atoms with Crippen molar-refractivity contribution in [2.24, 2.45) is 0 Å². The van der Waals surface area contributed by atoms with Crippen LogP contribution in [0.15, 0.2) is 11.4 Å². The summed E-state index contributed by atoms with van der Waals surface area (Å²) in [6, 6.07) is 2.12. The van der Waals surface area contributed by atoms with E-state index in [1.54, 1.807) is 11.3 Å². The average molecular weight is 297 g/mol. The Labute approximate surface area is 124 Å². The molecule has 2 amide bonds. The second-order valence-electron chi connectivity index (χ2n) is 4.74. The molecule has 1 unspecified atom stereocenters. The zero-order valence-corrected chi connectivity index (χ0v) is 13.1. The maximum absolute atomic E-state index is 11.6. The molecule has 0 saturated carbocycles. The number of carbonyl (C=O) groups is 2. The molecule has 0 aliphatic heterocycles. The molecule has 0 fully saturated rings. The average Bonchev–Trinajstić information content (AvgIpc) is 2.81. The molecule has 5 nitrogen and oxygen atoms in total. The summed E-state index contributed by atoms with van der Waals surface area (Å²) in [6.07, 6.45) is 1.40. The van der Waals surface area contributed by atoms with Gasteiger partial charge in [-0.2, -0.15) is 0 Å². The van der Waals surface area contributed by atoms with Gasteiger partial charge in [0.25, 0.3) is 0 Å². The third kappa shape index (κ3) is 6.16. The van der Waals surface area contributed by atoms with Crippen molar-refractivity contribution in [3.8, 4) is 0 Å². The summed E-state index contributed by atoms with van der Waals surface area (Å²) >= 11 is 1.59. The Balaban J connectivity index is 2.26. The number of amides is 2. The van der Waals surface area contributed by atoms with Gasteiger partial charge in [-0.25, -0.2) is 0 Å². The second-order valence-corrected chi connectivity index (χ2v) is 5.74. The van der Waals surface area contributed by atoms with E-state index in [1.807, 2.05) is 25.3 Å². The first kappa shape index (κ1) is 16.7. The molecule has 112 valence electrons. The zero-order valence-electron chi connectivity index (χ0n) is 12.3. The first-order valence-electron chi connectivity index (χ1n) is 6.87. The van der Waals surface area contributed by atoms with Gasteiger partial charge >= 0.3 is 0 Å². The van der Waals surface area contributed by atoms with Gasteiger partial charge in [-0.3, -0.25) is 9.59 Å². The van der Waals surface area contributed by atoms with E-state index in [9.17, 15) is 9.59 Å². The van der Waals surface area contributed by atoms with Gasteiger partial charge in [0.1, 0.15) is 0 Å². The molecule has 1 atom stereocenters. The Hall–Kier alpha value is -1.40. The maximum Gasteiger partial charge on any atom is 0.221 e. The Kier molecular flexibility index (Phi) is 7.25. The molecule has 0 aromatic carbocycles. The summed E-state index contributed by atoms with van der Waals surface area (Å²) in [7, 11) is 0.